The van der Waals surface area contributed by atoms with Gasteiger partial charge >= 0.3 is 0 Å². The summed E-state index contributed by atoms with van der Waals surface area (Å²) >= 11 is 6.95. The molecule has 0 aliphatic carbocycles. The van der Waals surface area contributed by atoms with Crippen LogP contribution in [-0.4, -0.2) is 41.5 Å². The lowest BCUT2D eigenvalue weighted by Crippen LogP contribution is -2.49. The van der Waals surface area contributed by atoms with Crippen molar-refractivity contribution in [3.05, 3.63) is 83.2 Å². The Balaban J connectivity index is 1.70. The lowest BCUT2D eigenvalue weighted by Gasteiger charge is -2.33. The first-order valence-electron chi connectivity index (χ1n) is 9.28. The lowest BCUT2D eigenvalue weighted by atomic mass is 10.1. The summed E-state index contributed by atoms with van der Waals surface area (Å²) in [5, 5.41) is 1.65. The van der Waals surface area contributed by atoms with Gasteiger partial charge in [0.25, 0.3) is 5.91 Å². The van der Waals surface area contributed by atoms with Gasteiger partial charge in [0.2, 0.25) is 0 Å². The van der Waals surface area contributed by atoms with Crippen molar-refractivity contribution in [3.63, 3.8) is 0 Å². The topological polar surface area (TPSA) is 26.8 Å². The van der Waals surface area contributed by atoms with E-state index in [1.807, 2.05) is 54.4 Å². The second-order valence-corrected chi connectivity index (χ2v) is 8.31. The molecule has 0 spiro atoms. The molecule has 29 heavy (non-hydrogen) atoms. The number of hydrogen-bond donors (Lipinski definition) is 0. The number of amides is 1. The number of anilines is 3. The number of carbonyl (C=O) groups is 1. The number of thiocarbonyl (C=S) groups is 1. The van der Waals surface area contributed by atoms with Crippen molar-refractivity contribution in [2.45, 2.75) is 0 Å². The molecule has 0 N–H and O–H groups in total. The number of benzene rings is 2. The first kappa shape index (κ1) is 19.4. The summed E-state index contributed by atoms with van der Waals surface area (Å²) < 4.78 is 0. The maximum absolute atomic E-state index is 12.6. The zero-order valence-corrected chi connectivity index (χ0v) is 17.9. The Kier molecular flexibility index (Phi) is 5.47. The average molecular weight is 420 g/mol. The third-order valence-corrected chi connectivity index (χ3v) is 6.38. The van der Waals surface area contributed by atoms with E-state index in [1.165, 1.54) is 4.90 Å². The second-order valence-electron chi connectivity index (χ2n) is 6.85. The van der Waals surface area contributed by atoms with Gasteiger partial charge in [0.1, 0.15) is 5.00 Å². The van der Waals surface area contributed by atoms with Crippen LogP contribution in [0.2, 0.25) is 0 Å². The Morgan fingerprint density at radius 3 is 2.10 bits per heavy atom. The molecule has 0 atom stereocenters. The number of likely N-dealkylation sites (N-methyl/N-ethyl adjacent to an activating group) is 2. The lowest BCUT2D eigenvalue weighted by molar-refractivity contribution is -0.123. The van der Waals surface area contributed by atoms with Crippen molar-refractivity contribution in [1.82, 2.24) is 9.80 Å². The molecule has 0 bridgehead atoms. The zero-order valence-electron chi connectivity index (χ0n) is 16.3. The molecular formula is C23H21N3OS2. The quantitative estimate of drug-likeness (QED) is 0.424. The van der Waals surface area contributed by atoms with Crippen LogP contribution in [0.4, 0.5) is 16.4 Å². The number of thiophene rings is 1. The van der Waals surface area contributed by atoms with Gasteiger partial charge in [-0.2, -0.15) is 0 Å². The van der Waals surface area contributed by atoms with Crippen LogP contribution in [0.3, 0.4) is 0 Å². The molecule has 4 rings (SSSR count). The van der Waals surface area contributed by atoms with E-state index in [4.69, 9.17) is 12.2 Å². The van der Waals surface area contributed by atoms with E-state index in [2.05, 4.69) is 41.3 Å². The average Bonchev–Trinajstić information content (AvgIpc) is 3.20. The van der Waals surface area contributed by atoms with Crippen LogP contribution < -0.4 is 4.90 Å². The normalized spacial score (nSPS) is 15.9. The second kappa shape index (κ2) is 8.19. The van der Waals surface area contributed by atoms with Gasteiger partial charge in [-0.3, -0.25) is 9.69 Å². The minimum absolute atomic E-state index is 0.0361. The van der Waals surface area contributed by atoms with Crippen LogP contribution in [0.1, 0.15) is 4.88 Å². The standard InChI is InChI=1S/C23H21N3OS2/c1-24-16-17(22(27)25(2)23(24)28)15-20-13-14-21(29-20)26(18-9-5-3-6-10-18)19-11-7-4-8-12-19/h3-15H,16H2,1-2H3/b17-15-. The fourth-order valence-electron chi connectivity index (χ4n) is 3.33. The number of carbonyl (C=O) groups excluding carboxylic acids is 1. The van der Waals surface area contributed by atoms with E-state index in [1.54, 1.807) is 18.4 Å². The third-order valence-electron chi connectivity index (χ3n) is 4.78. The zero-order chi connectivity index (χ0) is 20.4. The van der Waals surface area contributed by atoms with Crippen LogP contribution in [0, 0.1) is 0 Å². The van der Waals surface area contributed by atoms with Crippen molar-refractivity contribution in [2.24, 2.45) is 0 Å². The monoisotopic (exact) mass is 419 g/mol. The Bertz CT molecular complexity index is 1020. The molecule has 0 saturated carbocycles. The summed E-state index contributed by atoms with van der Waals surface area (Å²) in [6, 6.07) is 24.7. The molecule has 2 heterocycles. The molecule has 146 valence electrons. The summed E-state index contributed by atoms with van der Waals surface area (Å²) in [5.41, 5.74) is 2.93. The van der Waals surface area contributed by atoms with E-state index < -0.39 is 0 Å². The molecular weight excluding hydrogens is 398 g/mol. The minimum Gasteiger partial charge on any atom is -0.347 e. The van der Waals surface area contributed by atoms with E-state index in [-0.39, 0.29) is 5.91 Å². The van der Waals surface area contributed by atoms with Crippen molar-refractivity contribution >= 4 is 57.0 Å². The Morgan fingerprint density at radius 2 is 1.52 bits per heavy atom. The highest BCUT2D eigenvalue weighted by atomic mass is 32.1. The van der Waals surface area contributed by atoms with Gasteiger partial charge in [0.15, 0.2) is 5.11 Å². The Hall–Kier alpha value is -2.96. The predicted octanol–water partition coefficient (Wildman–Crippen LogP) is 5.29. The van der Waals surface area contributed by atoms with Gasteiger partial charge in [-0.1, -0.05) is 36.4 Å². The van der Waals surface area contributed by atoms with Gasteiger partial charge in [-0.05, 0) is 54.7 Å². The van der Waals surface area contributed by atoms with E-state index >= 15 is 0 Å². The molecule has 0 unspecified atom stereocenters. The maximum atomic E-state index is 12.6. The molecule has 1 aliphatic rings. The summed E-state index contributed by atoms with van der Waals surface area (Å²) in [4.78, 5) is 19.3. The van der Waals surface area contributed by atoms with Crippen LogP contribution in [0.15, 0.2) is 78.4 Å². The molecule has 6 heteroatoms. The molecule has 0 radical (unpaired) electrons. The molecule has 2 aromatic carbocycles. The van der Waals surface area contributed by atoms with Gasteiger partial charge in [0.05, 0.1) is 6.54 Å². The number of nitrogens with zero attached hydrogens (tertiary/aromatic N) is 3. The van der Waals surface area contributed by atoms with Crippen LogP contribution in [0.5, 0.6) is 0 Å². The molecule has 3 aromatic rings. The third kappa shape index (κ3) is 3.95. The molecule has 1 aromatic heterocycles. The van der Waals surface area contributed by atoms with Gasteiger partial charge in [0, 0.05) is 35.9 Å². The maximum Gasteiger partial charge on any atom is 0.257 e. The predicted molar refractivity (Wildman–Crippen MR) is 125 cm³/mol. The first-order chi connectivity index (χ1) is 14.0. The molecule has 4 nitrogen and oxygen atoms in total. The number of hydrogen-bond acceptors (Lipinski definition) is 4. The highest BCUT2D eigenvalue weighted by molar-refractivity contribution is 7.80. The smallest absolute Gasteiger partial charge is 0.257 e. The van der Waals surface area contributed by atoms with Crippen molar-refractivity contribution < 1.29 is 4.79 Å². The molecule has 1 fully saturated rings. The number of para-hydroxylation sites is 2. The van der Waals surface area contributed by atoms with E-state index in [0.717, 1.165) is 26.8 Å². The van der Waals surface area contributed by atoms with E-state index in [0.29, 0.717) is 11.7 Å². The highest BCUT2D eigenvalue weighted by Crippen LogP contribution is 2.39. The summed E-state index contributed by atoms with van der Waals surface area (Å²) in [7, 11) is 3.63. The molecule has 1 saturated heterocycles. The highest BCUT2D eigenvalue weighted by Gasteiger charge is 2.27. The molecule has 1 aliphatic heterocycles. The van der Waals surface area contributed by atoms with Crippen molar-refractivity contribution in [1.29, 1.82) is 0 Å². The summed E-state index contributed by atoms with van der Waals surface area (Å²) in [5.74, 6) is -0.0361. The van der Waals surface area contributed by atoms with Gasteiger partial charge < -0.3 is 9.80 Å². The van der Waals surface area contributed by atoms with Crippen LogP contribution in [0.25, 0.3) is 6.08 Å². The number of rotatable bonds is 4. The van der Waals surface area contributed by atoms with Crippen LogP contribution in [-0.2, 0) is 4.79 Å². The van der Waals surface area contributed by atoms with Gasteiger partial charge in [-0.25, -0.2) is 0 Å². The summed E-state index contributed by atoms with van der Waals surface area (Å²) in [6.07, 6.45) is 1.97. The minimum atomic E-state index is -0.0361. The van der Waals surface area contributed by atoms with E-state index in [9.17, 15) is 4.79 Å². The largest absolute Gasteiger partial charge is 0.347 e. The summed E-state index contributed by atoms with van der Waals surface area (Å²) in [6.45, 7) is 0.524. The Labute approximate surface area is 180 Å². The van der Waals surface area contributed by atoms with Crippen molar-refractivity contribution in [3.8, 4) is 0 Å². The molecule has 1 amide bonds. The van der Waals surface area contributed by atoms with Crippen LogP contribution >= 0.6 is 23.6 Å². The van der Waals surface area contributed by atoms with Gasteiger partial charge in [-0.15, -0.1) is 11.3 Å². The first-order valence-corrected chi connectivity index (χ1v) is 10.5. The SMILES string of the molecule is CN1C/C(=C/c2ccc(N(c3ccccc3)c3ccccc3)s2)C(=O)N(C)C1=S. The fourth-order valence-corrected chi connectivity index (χ4v) is 4.49. The Morgan fingerprint density at radius 1 is 0.931 bits per heavy atom. The van der Waals surface area contributed by atoms with Crippen molar-refractivity contribution in [2.75, 3.05) is 25.5 Å². The fraction of sp³-hybridized carbons (Fsp3) is 0.130.